The van der Waals surface area contributed by atoms with Gasteiger partial charge in [-0.1, -0.05) is 68.2 Å². The molecule has 1 saturated carbocycles. The van der Waals surface area contributed by atoms with Gasteiger partial charge in [0.25, 0.3) is 0 Å². The van der Waals surface area contributed by atoms with E-state index in [1.54, 1.807) is 0 Å². The van der Waals surface area contributed by atoms with E-state index in [4.69, 9.17) is 13.3 Å². The Bertz CT molecular complexity index is 657. The van der Waals surface area contributed by atoms with Crippen LogP contribution in [-0.2, 0) is 13.3 Å². The standard InChI is InChI=1S/C32H68O3Si2/c1-29(2,21-15-23-36(12,13)33-9)25-31(5,6)27-17-19-28(20-18-27)32(7,8)26-30(3,4)22-16-24-37(14,34-10)35-11/h27-28H,15-26H2,1-14H3. The first-order valence-electron chi connectivity index (χ1n) is 15.4. The second-order valence-electron chi connectivity index (χ2n) is 16.4. The summed E-state index contributed by atoms with van der Waals surface area (Å²) >= 11 is 0. The first-order chi connectivity index (χ1) is 16.7. The Morgan fingerprint density at radius 1 is 0.568 bits per heavy atom. The van der Waals surface area contributed by atoms with Crippen molar-refractivity contribution in [3.05, 3.63) is 0 Å². The van der Waals surface area contributed by atoms with Gasteiger partial charge in [0.05, 0.1) is 0 Å². The molecule has 0 aromatic rings. The van der Waals surface area contributed by atoms with Crippen LogP contribution in [0.25, 0.3) is 0 Å². The quantitative estimate of drug-likeness (QED) is 0.167. The van der Waals surface area contributed by atoms with Gasteiger partial charge in [0.1, 0.15) is 0 Å². The fraction of sp³-hybridized carbons (Fsp3) is 1.00. The molecule has 0 spiro atoms. The Morgan fingerprint density at radius 2 is 0.919 bits per heavy atom. The molecule has 1 fully saturated rings. The summed E-state index contributed by atoms with van der Waals surface area (Å²) in [6.07, 6.45) is 13.4. The average Bonchev–Trinajstić information content (AvgIpc) is 2.77. The van der Waals surface area contributed by atoms with Crippen LogP contribution >= 0.6 is 0 Å². The normalized spacial score (nSPS) is 20.9. The van der Waals surface area contributed by atoms with E-state index in [1.165, 1.54) is 70.3 Å². The van der Waals surface area contributed by atoms with Crippen LogP contribution in [0.15, 0.2) is 0 Å². The summed E-state index contributed by atoms with van der Waals surface area (Å²) in [6, 6.07) is 2.37. The van der Waals surface area contributed by atoms with Crippen LogP contribution in [0.1, 0.15) is 120 Å². The van der Waals surface area contributed by atoms with Crippen molar-refractivity contribution in [2.45, 2.75) is 151 Å². The highest BCUT2D eigenvalue weighted by molar-refractivity contribution is 6.71. The highest BCUT2D eigenvalue weighted by Crippen LogP contribution is 2.52. The lowest BCUT2D eigenvalue weighted by atomic mass is 9.58. The van der Waals surface area contributed by atoms with Crippen LogP contribution < -0.4 is 0 Å². The molecule has 1 rings (SSSR count). The van der Waals surface area contributed by atoms with Crippen LogP contribution in [0.5, 0.6) is 0 Å². The summed E-state index contributed by atoms with van der Waals surface area (Å²) in [6.45, 7) is 27.1. The summed E-state index contributed by atoms with van der Waals surface area (Å²) in [5.74, 6) is 1.72. The van der Waals surface area contributed by atoms with E-state index in [0.29, 0.717) is 21.7 Å². The SMILES string of the molecule is CO[Si](C)(C)CCCC(C)(C)CC(C)(C)C1CCC(C(C)(C)CC(C)(C)CCC[Si](C)(OC)OC)CC1. The van der Waals surface area contributed by atoms with Crippen molar-refractivity contribution < 1.29 is 13.3 Å². The maximum atomic E-state index is 5.79. The molecule has 0 heterocycles. The highest BCUT2D eigenvalue weighted by atomic mass is 28.4. The van der Waals surface area contributed by atoms with Gasteiger partial charge in [0.15, 0.2) is 8.32 Å². The van der Waals surface area contributed by atoms with Crippen molar-refractivity contribution >= 4 is 16.9 Å². The van der Waals surface area contributed by atoms with Gasteiger partial charge in [0, 0.05) is 21.3 Å². The molecule has 1 aliphatic carbocycles. The second kappa shape index (κ2) is 13.8. The van der Waals surface area contributed by atoms with Gasteiger partial charge in [-0.05, 0) is 117 Å². The van der Waals surface area contributed by atoms with Crippen LogP contribution in [-0.4, -0.2) is 38.2 Å². The van der Waals surface area contributed by atoms with Gasteiger partial charge in [-0.3, -0.25) is 0 Å². The predicted molar refractivity (Wildman–Crippen MR) is 168 cm³/mol. The van der Waals surface area contributed by atoms with E-state index in [9.17, 15) is 0 Å². The van der Waals surface area contributed by atoms with Crippen molar-refractivity contribution in [2.75, 3.05) is 21.3 Å². The molecular weight excluding hydrogens is 489 g/mol. The van der Waals surface area contributed by atoms with Gasteiger partial charge in [0.2, 0.25) is 0 Å². The third kappa shape index (κ3) is 12.2. The van der Waals surface area contributed by atoms with E-state index < -0.39 is 16.9 Å². The first kappa shape index (κ1) is 35.3. The van der Waals surface area contributed by atoms with Gasteiger partial charge in [-0.2, -0.15) is 0 Å². The topological polar surface area (TPSA) is 27.7 Å². The van der Waals surface area contributed by atoms with Crippen LogP contribution in [0.4, 0.5) is 0 Å². The third-order valence-corrected chi connectivity index (χ3v) is 16.0. The van der Waals surface area contributed by atoms with Gasteiger partial charge < -0.3 is 13.3 Å². The van der Waals surface area contributed by atoms with Crippen molar-refractivity contribution in [2.24, 2.45) is 33.5 Å². The van der Waals surface area contributed by atoms with E-state index in [1.807, 2.05) is 21.3 Å². The Hall–Kier alpha value is 0.314. The molecule has 0 atom stereocenters. The minimum atomic E-state index is -1.95. The van der Waals surface area contributed by atoms with E-state index >= 15 is 0 Å². The molecular formula is C32H68O3Si2. The monoisotopic (exact) mass is 556 g/mol. The number of hydrogen-bond donors (Lipinski definition) is 0. The van der Waals surface area contributed by atoms with E-state index in [0.717, 1.165) is 17.9 Å². The smallest absolute Gasteiger partial charge is 0.334 e. The zero-order valence-corrected chi connectivity index (χ0v) is 29.9. The Balaban J connectivity index is 2.61. The highest BCUT2D eigenvalue weighted by Gasteiger charge is 2.42. The van der Waals surface area contributed by atoms with Crippen molar-refractivity contribution in [1.82, 2.24) is 0 Å². The van der Waals surface area contributed by atoms with Crippen molar-refractivity contribution in [1.29, 1.82) is 0 Å². The summed E-state index contributed by atoms with van der Waals surface area (Å²) in [4.78, 5) is 0. The summed E-state index contributed by atoms with van der Waals surface area (Å²) in [5, 5.41) is 0. The van der Waals surface area contributed by atoms with E-state index in [2.05, 4.69) is 75.0 Å². The Morgan fingerprint density at radius 3 is 1.24 bits per heavy atom. The molecule has 5 heteroatoms. The van der Waals surface area contributed by atoms with Gasteiger partial charge in [-0.15, -0.1) is 0 Å². The van der Waals surface area contributed by atoms with Crippen LogP contribution in [0, 0.1) is 33.5 Å². The molecule has 0 radical (unpaired) electrons. The Labute approximate surface area is 236 Å². The molecule has 1 aliphatic rings. The fourth-order valence-corrected chi connectivity index (χ4v) is 10.5. The summed E-state index contributed by atoms with van der Waals surface area (Å²) in [7, 11) is 2.14. The molecule has 0 amide bonds. The fourth-order valence-electron chi connectivity index (χ4n) is 7.86. The molecule has 0 aromatic carbocycles. The molecule has 3 nitrogen and oxygen atoms in total. The largest absolute Gasteiger partial charge is 0.420 e. The van der Waals surface area contributed by atoms with Crippen molar-refractivity contribution in [3.63, 3.8) is 0 Å². The maximum absolute atomic E-state index is 5.79. The molecule has 0 saturated heterocycles. The molecule has 37 heavy (non-hydrogen) atoms. The number of rotatable bonds is 17. The minimum Gasteiger partial charge on any atom is -0.420 e. The second-order valence-corrected chi connectivity index (χ2v) is 24.4. The lowest BCUT2D eigenvalue weighted by Crippen LogP contribution is -2.38. The van der Waals surface area contributed by atoms with E-state index in [-0.39, 0.29) is 0 Å². The lowest BCUT2D eigenvalue weighted by molar-refractivity contribution is 0.0301. The maximum Gasteiger partial charge on any atom is 0.334 e. The lowest BCUT2D eigenvalue weighted by Gasteiger charge is -2.48. The van der Waals surface area contributed by atoms with Crippen LogP contribution in [0.3, 0.4) is 0 Å². The van der Waals surface area contributed by atoms with Gasteiger partial charge in [-0.25, -0.2) is 0 Å². The van der Waals surface area contributed by atoms with Crippen molar-refractivity contribution in [3.8, 4) is 0 Å². The molecule has 0 unspecified atom stereocenters. The zero-order chi connectivity index (χ0) is 28.8. The molecule has 222 valence electrons. The minimum absolute atomic E-state index is 0.362. The average molecular weight is 557 g/mol. The van der Waals surface area contributed by atoms with Crippen LogP contribution in [0.2, 0.25) is 31.7 Å². The molecule has 0 N–H and O–H groups in total. The summed E-state index contributed by atoms with van der Waals surface area (Å²) in [5.41, 5.74) is 1.59. The predicted octanol–water partition coefficient (Wildman–Crippen LogP) is 10.5. The summed E-state index contributed by atoms with van der Waals surface area (Å²) < 4.78 is 17.2. The zero-order valence-electron chi connectivity index (χ0n) is 27.9. The Kier molecular flexibility index (Phi) is 13.2. The molecule has 0 aromatic heterocycles. The van der Waals surface area contributed by atoms with Gasteiger partial charge >= 0.3 is 8.56 Å². The number of hydrogen-bond acceptors (Lipinski definition) is 3. The first-order valence-corrected chi connectivity index (χ1v) is 21.0. The molecule has 0 bridgehead atoms. The third-order valence-electron chi connectivity index (χ3n) is 10.3. The molecule has 0 aliphatic heterocycles.